The molecule has 0 spiro atoms. The largest absolute Gasteiger partial charge is 0.313 e. The molecule has 0 bridgehead atoms. The van der Waals surface area contributed by atoms with E-state index in [2.05, 4.69) is 38.9 Å². The summed E-state index contributed by atoms with van der Waals surface area (Å²) in [6.07, 6.45) is 6.17. The van der Waals surface area contributed by atoms with Crippen molar-refractivity contribution in [2.75, 3.05) is 18.6 Å². The number of unbranched alkanes of at least 4 members (excludes halogenated alkanes) is 2. The molecule has 0 atom stereocenters. The van der Waals surface area contributed by atoms with Crippen LogP contribution in [0.25, 0.3) is 0 Å². The summed E-state index contributed by atoms with van der Waals surface area (Å²) in [4.78, 5) is 0. The maximum atomic E-state index is 3.47. The normalized spacial score (nSPS) is 10.8. The fourth-order valence-corrected chi connectivity index (χ4v) is 3.05. The van der Waals surface area contributed by atoms with Crippen molar-refractivity contribution in [2.45, 2.75) is 25.8 Å². The molecule has 0 radical (unpaired) electrons. The highest BCUT2D eigenvalue weighted by molar-refractivity contribution is 9.11. The van der Waals surface area contributed by atoms with Gasteiger partial charge in [0.1, 0.15) is 0 Å². The molecule has 1 aromatic heterocycles. The maximum Gasteiger partial charge on any atom is 0.0701 e. The first-order valence-electron chi connectivity index (χ1n) is 5.25. The Bertz CT molecular complexity index is 263. The highest BCUT2D eigenvalue weighted by Gasteiger charge is 1.96. The van der Waals surface area contributed by atoms with E-state index >= 15 is 0 Å². The van der Waals surface area contributed by atoms with Gasteiger partial charge in [-0.15, -0.1) is 11.3 Å². The zero-order valence-electron chi connectivity index (χ0n) is 9.09. The van der Waals surface area contributed by atoms with Crippen LogP contribution in [0.5, 0.6) is 0 Å². The molecule has 1 rings (SSSR count). The van der Waals surface area contributed by atoms with Gasteiger partial charge in [0.2, 0.25) is 0 Å². The van der Waals surface area contributed by atoms with Crippen LogP contribution in [-0.4, -0.2) is 18.6 Å². The molecular weight excluding hydrogens is 290 g/mol. The third-order valence-corrected chi connectivity index (χ3v) is 4.40. The monoisotopic (exact) mass is 307 g/mol. The van der Waals surface area contributed by atoms with Crippen molar-refractivity contribution in [3.05, 3.63) is 20.8 Å². The van der Waals surface area contributed by atoms with E-state index in [-0.39, 0.29) is 0 Å². The van der Waals surface area contributed by atoms with Gasteiger partial charge in [-0.05, 0) is 64.3 Å². The lowest BCUT2D eigenvalue weighted by Gasteiger charge is -2.02. The molecule has 86 valence electrons. The summed E-state index contributed by atoms with van der Waals surface area (Å²) in [6.45, 7) is 2.15. The molecule has 0 saturated carbocycles. The van der Waals surface area contributed by atoms with Gasteiger partial charge in [-0.25, -0.2) is 0 Å². The molecule has 0 unspecified atom stereocenters. The first-order chi connectivity index (χ1) is 7.33. The Balaban J connectivity index is 1.93. The summed E-state index contributed by atoms with van der Waals surface area (Å²) in [5.41, 5.74) is 1.39. The lowest BCUT2D eigenvalue weighted by molar-refractivity contribution is 0.619. The molecule has 4 heteroatoms. The maximum absolute atomic E-state index is 3.47. The minimum absolute atomic E-state index is 1.00. The lowest BCUT2D eigenvalue weighted by atomic mass is 10.2. The number of thiophene rings is 1. The van der Waals surface area contributed by atoms with Gasteiger partial charge in [-0.3, -0.25) is 0 Å². The summed E-state index contributed by atoms with van der Waals surface area (Å²) in [6, 6.07) is 2.19. The fraction of sp³-hybridized carbons (Fsp3) is 0.636. The first kappa shape index (κ1) is 13.6. The van der Waals surface area contributed by atoms with Crippen molar-refractivity contribution in [2.24, 2.45) is 0 Å². The van der Waals surface area contributed by atoms with E-state index in [1.54, 1.807) is 11.3 Å². The molecular formula is C11H18BrNS2. The van der Waals surface area contributed by atoms with E-state index in [1.807, 2.05) is 11.8 Å². The van der Waals surface area contributed by atoms with Crippen LogP contribution in [0, 0.1) is 0 Å². The predicted octanol–water partition coefficient (Wildman–Crippen LogP) is 4.13. The van der Waals surface area contributed by atoms with Crippen molar-refractivity contribution < 1.29 is 0 Å². The minimum atomic E-state index is 1.00. The van der Waals surface area contributed by atoms with Gasteiger partial charge in [0.15, 0.2) is 0 Å². The molecule has 0 aliphatic heterocycles. The Morgan fingerprint density at radius 1 is 1.40 bits per heavy atom. The Kier molecular flexibility index (Phi) is 7.79. The van der Waals surface area contributed by atoms with Crippen LogP contribution in [0.15, 0.2) is 15.2 Å². The summed E-state index contributed by atoms with van der Waals surface area (Å²) >= 11 is 7.17. The summed E-state index contributed by atoms with van der Waals surface area (Å²) in [5.74, 6) is 1.30. The third kappa shape index (κ3) is 6.61. The number of halogens is 1. The molecule has 1 N–H and O–H groups in total. The van der Waals surface area contributed by atoms with E-state index < -0.39 is 0 Å². The van der Waals surface area contributed by atoms with Crippen LogP contribution in [0.4, 0.5) is 0 Å². The number of hydrogen-bond donors (Lipinski definition) is 1. The Morgan fingerprint density at radius 3 is 2.93 bits per heavy atom. The van der Waals surface area contributed by atoms with Crippen molar-refractivity contribution in [3.63, 3.8) is 0 Å². The molecule has 0 fully saturated rings. The average molecular weight is 308 g/mol. The lowest BCUT2D eigenvalue weighted by Crippen LogP contribution is -2.14. The summed E-state index contributed by atoms with van der Waals surface area (Å²) in [7, 11) is 0. The number of nitrogens with one attached hydrogen (secondary N) is 1. The zero-order valence-corrected chi connectivity index (χ0v) is 12.3. The summed E-state index contributed by atoms with van der Waals surface area (Å²) in [5, 5.41) is 5.67. The zero-order chi connectivity index (χ0) is 10.9. The van der Waals surface area contributed by atoms with Gasteiger partial charge in [-0.1, -0.05) is 6.42 Å². The second-order valence-electron chi connectivity index (χ2n) is 3.49. The van der Waals surface area contributed by atoms with Crippen LogP contribution in [0.2, 0.25) is 0 Å². The predicted molar refractivity (Wildman–Crippen MR) is 76.0 cm³/mol. The van der Waals surface area contributed by atoms with Gasteiger partial charge in [-0.2, -0.15) is 11.8 Å². The molecule has 1 nitrogen and oxygen atoms in total. The van der Waals surface area contributed by atoms with E-state index in [1.165, 1.54) is 34.4 Å². The van der Waals surface area contributed by atoms with Crippen LogP contribution in [0.1, 0.15) is 24.8 Å². The smallest absolute Gasteiger partial charge is 0.0701 e. The number of rotatable bonds is 8. The molecule has 0 aliphatic rings. The van der Waals surface area contributed by atoms with E-state index in [9.17, 15) is 0 Å². The van der Waals surface area contributed by atoms with Gasteiger partial charge in [0.25, 0.3) is 0 Å². The fourth-order valence-electron chi connectivity index (χ4n) is 1.34. The molecule has 1 heterocycles. The highest BCUT2D eigenvalue weighted by Crippen LogP contribution is 2.20. The molecule has 0 aliphatic carbocycles. The second-order valence-corrected chi connectivity index (χ2v) is 6.77. The van der Waals surface area contributed by atoms with Crippen molar-refractivity contribution in [3.8, 4) is 0 Å². The first-order valence-corrected chi connectivity index (χ1v) is 8.32. The van der Waals surface area contributed by atoms with Gasteiger partial charge in [0.05, 0.1) is 3.79 Å². The molecule has 1 aromatic rings. The van der Waals surface area contributed by atoms with E-state index in [4.69, 9.17) is 0 Å². The quantitative estimate of drug-likeness (QED) is 0.725. The van der Waals surface area contributed by atoms with E-state index in [0.717, 1.165) is 13.1 Å². The standard InChI is InChI=1S/C11H18BrNS2/c1-14-6-4-2-3-5-13-8-10-7-11(12)15-9-10/h7,9,13H,2-6,8H2,1H3. The van der Waals surface area contributed by atoms with Crippen molar-refractivity contribution in [1.82, 2.24) is 5.32 Å². The number of thioether (sulfide) groups is 1. The van der Waals surface area contributed by atoms with Crippen LogP contribution in [0.3, 0.4) is 0 Å². The SMILES string of the molecule is CSCCCCCNCc1csc(Br)c1. The molecule has 0 amide bonds. The Hall–Kier alpha value is 0.490. The molecule has 15 heavy (non-hydrogen) atoms. The Labute approximate surface area is 109 Å². The van der Waals surface area contributed by atoms with Crippen LogP contribution >= 0.6 is 39.0 Å². The molecule has 0 saturated heterocycles. The van der Waals surface area contributed by atoms with E-state index in [0.29, 0.717) is 0 Å². The van der Waals surface area contributed by atoms with Crippen molar-refractivity contribution in [1.29, 1.82) is 0 Å². The highest BCUT2D eigenvalue weighted by atomic mass is 79.9. The third-order valence-electron chi connectivity index (χ3n) is 2.15. The van der Waals surface area contributed by atoms with Crippen molar-refractivity contribution >= 4 is 39.0 Å². The van der Waals surface area contributed by atoms with Crippen LogP contribution < -0.4 is 5.32 Å². The van der Waals surface area contributed by atoms with Gasteiger partial charge < -0.3 is 5.32 Å². The number of hydrogen-bond acceptors (Lipinski definition) is 3. The van der Waals surface area contributed by atoms with Crippen LogP contribution in [-0.2, 0) is 6.54 Å². The second kappa shape index (κ2) is 8.62. The average Bonchev–Trinajstić information content (AvgIpc) is 2.63. The Morgan fingerprint density at radius 2 is 2.27 bits per heavy atom. The summed E-state index contributed by atoms with van der Waals surface area (Å²) < 4.78 is 1.22. The minimum Gasteiger partial charge on any atom is -0.313 e. The molecule has 0 aromatic carbocycles. The van der Waals surface area contributed by atoms with Gasteiger partial charge >= 0.3 is 0 Å². The van der Waals surface area contributed by atoms with Gasteiger partial charge in [0, 0.05) is 6.54 Å². The topological polar surface area (TPSA) is 12.0 Å².